The van der Waals surface area contributed by atoms with Crippen LogP contribution in [0, 0.1) is 12.7 Å². The number of hydrogen-bond donors (Lipinski definition) is 1. The first-order valence-electron chi connectivity index (χ1n) is 11.7. The second-order valence-electron chi connectivity index (χ2n) is 9.17. The van der Waals surface area contributed by atoms with Gasteiger partial charge < -0.3 is 14.4 Å². The van der Waals surface area contributed by atoms with E-state index < -0.39 is 5.54 Å². The highest BCUT2D eigenvalue weighted by Gasteiger charge is 2.45. The highest BCUT2D eigenvalue weighted by molar-refractivity contribution is 6.03. The smallest absolute Gasteiger partial charge is 0.152 e. The van der Waals surface area contributed by atoms with Gasteiger partial charge in [-0.3, -0.25) is 9.83 Å². The van der Waals surface area contributed by atoms with E-state index in [2.05, 4.69) is 11.1 Å². The third kappa shape index (κ3) is 4.35. The van der Waals surface area contributed by atoms with Crippen LogP contribution in [0.4, 0.5) is 4.39 Å². The predicted molar refractivity (Wildman–Crippen MR) is 132 cm³/mol. The van der Waals surface area contributed by atoms with E-state index in [1.165, 1.54) is 12.1 Å². The number of aromatic nitrogens is 2. The molecule has 0 spiro atoms. The van der Waals surface area contributed by atoms with Crippen LogP contribution in [-0.4, -0.2) is 51.9 Å². The molecule has 0 aliphatic carbocycles. The summed E-state index contributed by atoms with van der Waals surface area (Å²) in [4.78, 5) is 15.3. The van der Waals surface area contributed by atoms with E-state index in [4.69, 9.17) is 14.6 Å². The molecule has 3 aromatic rings. The SMILES string of the molecule is COc1cc(/C=C2/CCON3C2=NC(CO)CC3(C)c2ccc(F)cc2)ccc1-n1cnc(C)c1. The van der Waals surface area contributed by atoms with E-state index in [0.29, 0.717) is 25.3 Å². The Balaban J connectivity index is 1.53. The maximum Gasteiger partial charge on any atom is 0.152 e. The highest BCUT2D eigenvalue weighted by Crippen LogP contribution is 2.41. The molecular weight excluding hydrogens is 447 g/mol. The van der Waals surface area contributed by atoms with E-state index in [1.807, 2.05) is 47.9 Å². The summed E-state index contributed by atoms with van der Waals surface area (Å²) in [6.45, 7) is 4.41. The topological polar surface area (TPSA) is 72.1 Å². The highest BCUT2D eigenvalue weighted by atomic mass is 19.1. The summed E-state index contributed by atoms with van der Waals surface area (Å²) in [7, 11) is 1.65. The molecule has 7 nitrogen and oxygen atoms in total. The molecule has 35 heavy (non-hydrogen) atoms. The van der Waals surface area contributed by atoms with E-state index in [-0.39, 0.29) is 18.5 Å². The van der Waals surface area contributed by atoms with Crippen LogP contribution in [0.5, 0.6) is 5.75 Å². The van der Waals surface area contributed by atoms with Crippen LogP contribution in [0.1, 0.15) is 36.6 Å². The number of hydrogen-bond acceptors (Lipinski definition) is 6. The fourth-order valence-corrected chi connectivity index (χ4v) is 4.86. The third-order valence-corrected chi connectivity index (χ3v) is 6.67. The Morgan fingerprint density at radius 1 is 1.26 bits per heavy atom. The number of rotatable bonds is 5. The number of imidazole rings is 1. The molecule has 0 bridgehead atoms. The van der Waals surface area contributed by atoms with Crippen molar-refractivity contribution < 1.29 is 19.1 Å². The quantitative estimate of drug-likeness (QED) is 0.590. The largest absolute Gasteiger partial charge is 0.495 e. The molecule has 0 radical (unpaired) electrons. The van der Waals surface area contributed by atoms with Crippen LogP contribution in [0.15, 0.2) is 65.6 Å². The molecule has 182 valence electrons. The van der Waals surface area contributed by atoms with Crippen molar-refractivity contribution in [3.63, 3.8) is 0 Å². The summed E-state index contributed by atoms with van der Waals surface area (Å²) < 4.78 is 21.2. The first-order valence-corrected chi connectivity index (χ1v) is 11.7. The van der Waals surface area contributed by atoms with Crippen molar-refractivity contribution in [2.45, 2.75) is 38.3 Å². The van der Waals surface area contributed by atoms with Crippen molar-refractivity contribution in [1.29, 1.82) is 0 Å². The number of halogens is 1. The Kier molecular flexibility index (Phi) is 6.17. The van der Waals surface area contributed by atoms with Gasteiger partial charge in [0.2, 0.25) is 0 Å². The molecule has 0 saturated carbocycles. The Bertz CT molecular complexity index is 1280. The molecule has 1 aromatic heterocycles. The molecule has 2 aromatic carbocycles. The van der Waals surface area contributed by atoms with Crippen LogP contribution in [0.2, 0.25) is 0 Å². The van der Waals surface area contributed by atoms with Crippen molar-refractivity contribution in [3.8, 4) is 11.4 Å². The number of fused-ring (bicyclic) bond motifs is 1. The standard InChI is InChI=1S/C27H29FN4O3/c1-18-15-31(17-29-18)24-9-4-19(13-25(24)34-3)12-20-10-11-35-32-26(20)30-23(16-33)14-27(32,2)21-5-7-22(28)8-6-21/h4-9,12-13,15,17,23,33H,10-11,14,16H2,1-3H3/b20-12-. The molecule has 2 atom stereocenters. The zero-order valence-electron chi connectivity index (χ0n) is 20.1. The molecule has 0 amide bonds. The molecule has 2 aliphatic heterocycles. The lowest BCUT2D eigenvalue weighted by Crippen LogP contribution is -2.55. The summed E-state index contributed by atoms with van der Waals surface area (Å²) in [6.07, 6.45) is 7.04. The fourth-order valence-electron chi connectivity index (χ4n) is 4.86. The maximum atomic E-state index is 13.6. The molecule has 1 saturated heterocycles. The van der Waals surface area contributed by atoms with Gasteiger partial charge in [-0.1, -0.05) is 18.2 Å². The third-order valence-electron chi connectivity index (χ3n) is 6.67. The number of aryl methyl sites for hydroxylation is 1. The van der Waals surface area contributed by atoms with E-state index in [9.17, 15) is 9.50 Å². The van der Waals surface area contributed by atoms with Crippen molar-refractivity contribution in [2.24, 2.45) is 4.99 Å². The van der Waals surface area contributed by atoms with Gasteiger partial charge in [-0.15, -0.1) is 0 Å². The molecule has 8 heteroatoms. The number of aliphatic hydroxyl groups excluding tert-OH is 1. The number of nitrogens with zero attached hydrogens (tertiary/aromatic N) is 4. The van der Waals surface area contributed by atoms with Crippen LogP contribution in [0.3, 0.4) is 0 Å². The van der Waals surface area contributed by atoms with E-state index in [1.54, 1.807) is 25.6 Å². The number of aliphatic imine (C=N–C) groups is 1. The predicted octanol–water partition coefficient (Wildman–Crippen LogP) is 4.43. The first kappa shape index (κ1) is 23.3. The van der Waals surface area contributed by atoms with Crippen LogP contribution in [0.25, 0.3) is 11.8 Å². The van der Waals surface area contributed by atoms with Crippen molar-refractivity contribution in [3.05, 3.63) is 83.2 Å². The van der Waals surface area contributed by atoms with E-state index >= 15 is 0 Å². The van der Waals surface area contributed by atoms with Gasteiger partial charge in [0.25, 0.3) is 0 Å². The molecule has 1 N–H and O–H groups in total. The second-order valence-corrected chi connectivity index (χ2v) is 9.17. The number of hydroxylamine groups is 2. The number of amidine groups is 1. The lowest BCUT2D eigenvalue weighted by molar-refractivity contribution is -0.181. The van der Waals surface area contributed by atoms with Crippen LogP contribution in [-0.2, 0) is 10.4 Å². The molecule has 5 rings (SSSR count). The van der Waals surface area contributed by atoms with Gasteiger partial charge in [-0.05, 0) is 60.9 Å². The lowest BCUT2D eigenvalue weighted by atomic mass is 9.82. The molecule has 2 unspecified atom stereocenters. The summed E-state index contributed by atoms with van der Waals surface area (Å²) in [5.74, 6) is 1.14. The van der Waals surface area contributed by atoms with Crippen molar-refractivity contribution >= 4 is 11.9 Å². The molecule has 3 heterocycles. The number of methoxy groups -OCH3 is 1. The van der Waals surface area contributed by atoms with Crippen LogP contribution < -0.4 is 4.74 Å². The number of aliphatic hydroxyl groups is 1. The normalized spacial score (nSPS) is 23.2. The fraction of sp³-hybridized carbons (Fsp3) is 0.333. The zero-order valence-corrected chi connectivity index (χ0v) is 20.1. The average Bonchev–Trinajstić information content (AvgIpc) is 3.30. The monoisotopic (exact) mass is 476 g/mol. The minimum absolute atomic E-state index is 0.0752. The Hall–Kier alpha value is -3.49. The number of ether oxygens (including phenoxy) is 1. The first-order chi connectivity index (χ1) is 16.9. The maximum absolute atomic E-state index is 13.6. The average molecular weight is 477 g/mol. The Labute approximate surface area is 204 Å². The van der Waals surface area contributed by atoms with Gasteiger partial charge in [0, 0.05) is 19.0 Å². The molecule has 1 fully saturated rings. The lowest BCUT2D eigenvalue weighted by Gasteiger charge is -2.49. The van der Waals surface area contributed by atoms with Crippen molar-refractivity contribution in [1.82, 2.24) is 14.6 Å². The summed E-state index contributed by atoms with van der Waals surface area (Å²) >= 11 is 0. The Morgan fingerprint density at radius 2 is 2.06 bits per heavy atom. The summed E-state index contributed by atoms with van der Waals surface area (Å²) in [5.41, 5.74) is 4.13. The minimum atomic E-state index is -0.599. The van der Waals surface area contributed by atoms with Crippen molar-refractivity contribution in [2.75, 3.05) is 20.3 Å². The van der Waals surface area contributed by atoms with E-state index in [0.717, 1.165) is 33.8 Å². The second kappa shape index (κ2) is 9.28. The summed E-state index contributed by atoms with van der Waals surface area (Å²) in [5, 5.41) is 11.9. The molecular formula is C27H29FN4O3. The summed E-state index contributed by atoms with van der Waals surface area (Å²) in [6, 6.07) is 12.2. The van der Waals surface area contributed by atoms with Gasteiger partial charge in [0.15, 0.2) is 5.84 Å². The Morgan fingerprint density at radius 3 is 2.74 bits per heavy atom. The van der Waals surface area contributed by atoms with Gasteiger partial charge in [0.05, 0.1) is 49.6 Å². The number of benzene rings is 2. The van der Waals surface area contributed by atoms with Gasteiger partial charge >= 0.3 is 0 Å². The van der Waals surface area contributed by atoms with Gasteiger partial charge in [0.1, 0.15) is 11.6 Å². The van der Waals surface area contributed by atoms with Crippen LogP contribution >= 0.6 is 0 Å². The zero-order chi connectivity index (χ0) is 24.6. The van der Waals surface area contributed by atoms with Gasteiger partial charge in [-0.2, -0.15) is 0 Å². The minimum Gasteiger partial charge on any atom is -0.495 e. The van der Waals surface area contributed by atoms with Gasteiger partial charge in [-0.25, -0.2) is 14.4 Å². The molecule has 2 aliphatic rings.